The average Bonchev–Trinajstić information content (AvgIpc) is 3.16. The van der Waals surface area contributed by atoms with Gasteiger partial charge in [-0.05, 0) is 37.5 Å². The van der Waals surface area contributed by atoms with E-state index in [4.69, 9.17) is 0 Å². The Morgan fingerprint density at radius 2 is 2.11 bits per heavy atom. The molecular weight excluding hydrogens is 265 g/mol. The molecule has 0 radical (unpaired) electrons. The Labute approximate surface area is 114 Å². The molecule has 0 amide bonds. The zero-order valence-electron chi connectivity index (χ0n) is 10.5. The predicted molar refractivity (Wildman–Crippen MR) is 71.8 cm³/mol. The van der Waals surface area contributed by atoms with Gasteiger partial charge < -0.3 is 0 Å². The predicted octanol–water partition coefficient (Wildman–Crippen LogP) is 2.90. The van der Waals surface area contributed by atoms with Gasteiger partial charge >= 0.3 is 5.69 Å². The van der Waals surface area contributed by atoms with Crippen molar-refractivity contribution in [1.29, 1.82) is 0 Å². The van der Waals surface area contributed by atoms with Gasteiger partial charge in [0.15, 0.2) is 5.16 Å². The summed E-state index contributed by atoms with van der Waals surface area (Å²) >= 11 is 1.52. The van der Waals surface area contributed by atoms with Crippen molar-refractivity contribution in [2.24, 2.45) is 0 Å². The fraction of sp³-hybridized carbons (Fsp3) is 0.385. The maximum Gasteiger partial charge on any atom is 0.344 e. The number of H-pyrrole nitrogens is 1. The number of benzene rings is 1. The van der Waals surface area contributed by atoms with Crippen LogP contribution in [0.15, 0.2) is 34.2 Å². The van der Waals surface area contributed by atoms with Gasteiger partial charge in [0.25, 0.3) is 0 Å². The molecule has 1 atom stereocenters. The van der Waals surface area contributed by atoms with Gasteiger partial charge in [0.2, 0.25) is 0 Å². The third-order valence-corrected chi connectivity index (χ3v) is 4.33. The molecule has 0 spiro atoms. The average molecular weight is 279 g/mol. The van der Waals surface area contributed by atoms with Crippen LogP contribution in [0.5, 0.6) is 0 Å². The second-order valence-corrected chi connectivity index (χ2v) is 6.03. The summed E-state index contributed by atoms with van der Waals surface area (Å²) in [7, 11) is 0. The summed E-state index contributed by atoms with van der Waals surface area (Å²) in [5.74, 6) is -0.240. The maximum atomic E-state index is 12.9. The normalized spacial score (nSPS) is 16.5. The molecule has 1 saturated carbocycles. The third-order valence-electron chi connectivity index (χ3n) is 3.21. The van der Waals surface area contributed by atoms with Crippen LogP contribution < -0.4 is 5.69 Å². The molecular formula is C13H14FN3OS. The summed E-state index contributed by atoms with van der Waals surface area (Å²) in [5, 5.41) is 7.41. The molecule has 1 aromatic heterocycles. The lowest BCUT2D eigenvalue weighted by atomic mass is 10.2. The van der Waals surface area contributed by atoms with Gasteiger partial charge in [-0.15, -0.1) is 5.10 Å². The minimum Gasteiger partial charge on any atom is -0.267 e. The van der Waals surface area contributed by atoms with Crippen molar-refractivity contribution < 1.29 is 4.39 Å². The van der Waals surface area contributed by atoms with E-state index in [0.717, 1.165) is 18.4 Å². The van der Waals surface area contributed by atoms with Crippen LogP contribution in [0.4, 0.5) is 4.39 Å². The summed E-state index contributed by atoms with van der Waals surface area (Å²) in [6, 6.07) is 6.73. The maximum absolute atomic E-state index is 12.9. The Morgan fingerprint density at radius 3 is 2.74 bits per heavy atom. The quantitative estimate of drug-likeness (QED) is 0.875. The zero-order valence-corrected chi connectivity index (χ0v) is 11.3. The highest BCUT2D eigenvalue weighted by atomic mass is 32.2. The van der Waals surface area contributed by atoms with Crippen LogP contribution in [0.1, 0.15) is 36.6 Å². The van der Waals surface area contributed by atoms with Crippen LogP contribution in [0.2, 0.25) is 0 Å². The lowest BCUT2D eigenvalue weighted by Gasteiger charge is -2.11. The van der Waals surface area contributed by atoms with Crippen molar-refractivity contribution in [3.05, 3.63) is 46.1 Å². The Hall–Kier alpha value is -1.56. The number of nitrogens with one attached hydrogen (secondary N) is 1. The molecule has 0 bridgehead atoms. The van der Waals surface area contributed by atoms with Gasteiger partial charge in [-0.2, -0.15) is 0 Å². The van der Waals surface area contributed by atoms with E-state index in [1.54, 1.807) is 16.7 Å². The summed E-state index contributed by atoms with van der Waals surface area (Å²) < 4.78 is 14.6. The van der Waals surface area contributed by atoms with Gasteiger partial charge in [0.05, 0.1) is 0 Å². The highest BCUT2D eigenvalue weighted by Crippen LogP contribution is 2.39. The van der Waals surface area contributed by atoms with Crippen molar-refractivity contribution in [2.45, 2.75) is 36.2 Å². The van der Waals surface area contributed by atoms with Gasteiger partial charge in [-0.3, -0.25) is 4.57 Å². The highest BCUT2D eigenvalue weighted by Gasteiger charge is 2.29. The fourth-order valence-electron chi connectivity index (χ4n) is 1.99. The first kappa shape index (κ1) is 12.5. The van der Waals surface area contributed by atoms with Crippen molar-refractivity contribution in [3.63, 3.8) is 0 Å². The van der Waals surface area contributed by atoms with E-state index >= 15 is 0 Å². The van der Waals surface area contributed by atoms with Crippen LogP contribution in [0.25, 0.3) is 0 Å². The van der Waals surface area contributed by atoms with Crippen LogP contribution in [-0.4, -0.2) is 14.8 Å². The second kappa shape index (κ2) is 4.85. The molecule has 1 aromatic carbocycles. The van der Waals surface area contributed by atoms with Crippen LogP contribution in [-0.2, 0) is 0 Å². The fourth-order valence-corrected chi connectivity index (χ4v) is 3.04. The molecule has 100 valence electrons. The number of thioether (sulfide) groups is 1. The van der Waals surface area contributed by atoms with E-state index in [1.165, 1.54) is 23.9 Å². The molecule has 1 aliphatic carbocycles. The van der Waals surface area contributed by atoms with Crippen molar-refractivity contribution in [1.82, 2.24) is 14.8 Å². The van der Waals surface area contributed by atoms with E-state index < -0.39 is 0 Å². The molecule has 4 nitrogen and oxygen atoms in total. The molecule has 0 saturated heterocycles. The van der Waals surface area contributed by atoms with Gasteiger partial charge in [0, 0.05) is 11.3 Å². The topological polar surface area (TPSA) is 50.7 Å². The number of halogens is 1. The highest BCUT2D eigenvalue weighted by molar-refractivity contribution is 7.99. The molecule has 1 fully saturated rings. The van der Waals surface area contributed by atoms with E-state index in [1.807, 2.05) is 6.92 Å². The van der Waals surface area contributed by atoms with Crippen molar-refractivity contribution in [2.75, 3.05) is 0 Å². The van der Waals surface area contributed by atoms with E-state index in [0.29, 0.717) is 11.2 Å². The summed E-state index contributed by atoms with van der Waals surface area (Å²) in [6.45, 7) is 2.02. The lowest BCUT2D eigenvalue weighted by Crippen LogP contribution is -2.16. The number of nitrogens with zero attached hydrogens (tertiary/aromatic N) is 2. The third kappa shape index (κ3) is 2.58. The van der Waals surface area contributed by atoms with Crippen molar-refractivity contribution >= 4 is 11.8 Å². The lowest BCUT2D eigenvalue weighted by molar-refractivity contribution is 0.627. The minimum absolute atomic E-state index is 0.119. The molecule has 1 aliphatic rings. The van der Waals surface area contributed by atoms with E-state index in [-0.39, 0.29) is 16.8 Å². The number of rotatable bonds is 4. The SMILES string of the molecule is C[C@H](Sc1n[nH]c(=O)n1C1CC1)c1ccc(F)cc1. The Balaban J connectivity index is 1.81. The molecule has 0 unspecified atom stereocenters. The largest absolute Gasteiger partial charge is 0.344 e. The molecule has 3 rings (SSSR count). The van der Waals surface area contributed by atoms with Gasteiger partial charge in [-0.1, -0.05) is 23.9 Å². The summed E-state index contributed by atoms with van der Waals surface area (Å²) in [6.07, 6.45) is 2.08. The first-order valence-electron chi connectivity index (χ1n) is 6.24. The first-order valence-corrected chi connectivity index (χ1v) is 7.12. The molecule has 0 aliphatic heterocycles. The van der Waals surface area contributed by atoms with Crippen molar-refractivity contribution in [3.8, 4) is 0 Å². The Bertz CT molecular complexity index is 630. The number of aromatic amines is 1. The molecule has 1 N–H and O–H groups in total. The second-order valence-electron chi connectivity index (χ2n) is 4.72. The monoisotopic (exact) mass is 279 g/mol. The smallest absolute Gasteiger partial charge is 0.267 e. The van der Waals surface area contributed by atoms with Crippen LogP contribution in [0.3, 0.4) is 0 Å². The van der Waals surface area contributed by atoms with Gasteiger partial charge in [-0.25, -0.2) is 14.3 Å². The first-order chi connectivity index (χ1) is 9.15. The summed E-state index contributed by atoms with van der Waals surface area (Å²) in [5.41, 5.74) is 0.875. The van der Waals surface area contributed by atoms with Crippen LogP contribution >= 0.6 is 11.8 Å². The minimum atomic E-state index is -0.240. The number of aromatic nitrogens is 3. The van der Waals surface area contributed by atoms with E-state index in [9.17, 15) is 9.18 Å². The Kier molecular flexibility index (Phi) is 3.18. The molecule has 19 heavy (non-hydrogen) atoms. The van der Waals surface area contributed by atoms with Crippen LogP contribution in [0, 0.1) is 5.82 Å². The molecule has 1 heterocycles. The zero-order chi connectivity index (χ0) is 13.4. The van der Waals surface area contributed by atoms with E-state index in [2.05, 4.69) is 10.2 Å². The standard InChI is InChI=1S/C13H14FN3OS/c1-8(9-2-4-10(14)5-3-9)19-13-16-15-12(18)17(13)11-6-7-11/h2-5,8,11H,6-7H2,1H3,(H,15,18)/t8-/m0/s1. The van der Waals surface area contributed by atoms with Gasteiger partial charge in [0.1, 0.15) is 5.82 Å². The number of hydrogen-bond donors (Lipinski definition) is 1. The number of hydrogen-bond acceptors (Lipinski definition) is 3. The Morgan fingerprint density at radius 1 is 1.42 bits per heavy atom. The molecule has 2 aromatic rings. The molecule has 6 heteroatoms. The summed E-state index contributed by atoms with van der Waals surface area (Å²) in [4.78, 5) is 11.7.